The molecular formula is C17H24N4. The van der Waals surface area contributed by atoms with Crippen molar-refractivity contribution in [1.29, 1.82) is 0 Å². The summed E-state index contributed by atoms with van der Waals surface area (Å²) < 4.78 is 0. The zero-order chi connectivity index (χ0) is 15.1. The molecule has 21 heavy (non-hydrogen) atoms. The van der Waals surface area contributed by atoms with Crippen LogP contribution in [0.2, 0.25) is 0 Å². The van der Waals surface area contributed by atoms with Crippen LogP contribution in [-0.2, 0) is 6.54 Å². The zero-order valence-corrected chi connectivity index (χ0v) is 13.1. The Morgan fingerprint density at radius 1 is 0.952 bits per heavy atom. The second-order valence-electron chi connectivity index (χ2n) is 5.42. The van der Waals surface area contributed by atoms with Gasteiger partial charge < -0.3 is 10.6 Å². The molecule has 0 fully saturated rings. The molecule has 2 rings (SSSR count). The molecule has 0 unspecified atom stereocenters. The number of hydrogen-bond acceptors (Lipinski definition) is 4. The standard InChI is InChI=1S/C17H24N4/c1-13-6-4-7-16(10-13)12-18-8-5-9-19-17-20-14(2)11-15(3)21-17/h4,6-7,10-11,18H,5,8-9,12H2,1-3H3,(H,19,20,21). The minimum absolute atomic E-state index is 0.728. The van der Waals surface area contributed by atoms with E-state index in [4.69, 9.17) is 0 Å². The second kappa shape index (κ2) is 7.74. The summed E-state index contributed by atoms with van der Waals surface area (Å²) in [4.78, 5) is 8.73. The lowest BCUT2D eigenvalue weighted by Gasteiger charge is -2.08. The fourth-order valence-electron chi connectivity index (χ4n) is 2.27. The van der Waals surface area contributed by atoms with Gasteiger partial charge in [-0.15, -0.1) is 0 Å². The van der Waals surface area contributed by atoms with Crippen molar-refractivity contribution in [1.82, 2.24) is 15.3 Å². The number of benzene rings is 1. The summed E-state index contributed by atoms with van der Waals surface area (Å²) in [7, 11) is 0. The van der Waals surface area contributed by atoms with Crippen molar-refractivity contribution >= 4 is 5.95 Å². The largest absolute Gasteiger partial charge is 0.354 e. The summed E-state index contributed by atoms with van der Waals surface area (Å²) in [5.41, 5.74) is 4.65. The predicted molar refractivity (Wildman–Crippen MR) is 87.5 cm³/mol. The molecule has 1 heterocycles. The second-order valence-corrected chi connectivity index (χ2v) is 5.42. The molecule has 0 saturated carbocycles. The molecular weight excluding hydrogens is 260 g/mol. The van der Waals surface area contributed by atoms with E-state index >= 15 is 0 Å². The first kappa shape index (κ1) is 15.4. The van der Waals surface area contributed by atoms with Crippen molar-refractivity contribution in [2.45, 2.75) is 33.7 Å². The Morgan fingerprint density at radius 3 is 2.43 bits per heavy atom. The van der Waals surface area contributed by atoms with Crippen molar-refractivity contribution in [3.63, 3.8) is 0 Å². The normalized spacial score (nSPS) is 10.6. The van der Waals surface area contributed by atoms with E-state index in [0.29, 0.717) is 0 Å². The Morgan fingerprint density at radius 2 is 1.71 bits per heavy atom. The van der Waals surface area contributed by atoms with Crippen LogP contribution < -0.4 is 10.6 Å². The van der Waals surface area contributed by atoms with Gasteiger partial charge in [-0.1, -0.05) is 29.8 Å². The molecule has 4 nitrogen and oxygen atoms in total. The van der Waals surface area contributed by atoms with Crippen molar-refractivity contribution in [2.75, 3.05) is 18.4 Å². The Labute approximate surface area is 127 Å². The van der Waals surface area contributed by atoms with E-state index in [2.05, 4.69) is 51.8 Å². The first-order valence-corrected chi connectivity index (χ1v) is 7.46. The van der Waals surface area contributed by atoms with E-state index in [0.717, 1.165) is 43.4 Å². The van der Waals surface area contributed by atoms with Gasteiger partial charge in [-0.2, -0.15) is 0 Å². The van der Waals surface area contributed by atoms with Crippen LogP contribution in [0.15, 0.2) is 30.3 Å². The Bertz CT molecular complexity index is 561. The van der Waals surface area contributed by atoms with E-state index in [1.54, 1.807) is 0 Å². The number of hydrogen-bond donors (Lipinski definition) is 2. The van der Waals surface area contributed by atoms with Crippen LogP contribution in [0.4, 0.5) is 5.95 Å². The highest BCUT2D eigenvalue weighted by Crippen LogP contribution is 2.04. The summed E-state index contributed by atoms with van der Waals surface area (Å²) in [5, 5.41) is 6.73. The molecule has 0 spiro atoms. The van der Waals surface area contributed by atoms with Gasteiger partial charge in [0.15, 0.2) is 0 Å². The lowest BCUT2D eigenvalue weighted by Crippen LogP contribution is -2.18. The van der Waals surface area contributed by atoms with Gasteiger partial charge in [-0.25, -0.2) is 9.97 Å². The molecule has 0 atom stereocenters. The maximum atomic E-state index is 4.37. The van der Waals surface area contributed by atoms with E-state index in [1.165, 1.54) is 11.1 Å². The molecule has 0 radical (unpaired) electrons. The molecule has 0 aliphatic carbocycles. The van der Waals surface area contributed by atoms with Crippen LogP contribution in [0.5, 0.6) is 0 Å². The average Bonchev–Trinajstić information content (AvgIpc) is 2.42. The third-order valence-corrected chi connectivity index (χ3v) is 3.21. The van der Waals surface area contributed by atoms with Gasteiger partial charge in [0.2, 0.25) is 5.95 Å². The van der Waals surface area contributed by atoms with Gasteiger partial charge in [-0.05, 0) is 45.4 Å². The third kappa shape index (κ3) is 5.52. The van der Waals surface area contributed by atoms with E-state index in [1.807, 2.05) is 19.9 Å². The summed E-state index contributed by atoms with van der Waals surface area (Å²) in [6, 6.07) is 10.6. The van der Waals surface area contributed by atoms with Gasteiger partial charge in [0.05, 0.1) is 0 Å². The molecule has 0 amide bonds. The number of nitrogens with zero attached hydrogens (tertiary/aromatic N) is 2. The fraction of sp³-hybridized carbons (Fsp3) is 0.412. The van der Waals surface area contributed by atoms with Crippen LogP contribution in [0, 0.1) is 20.8 Å². The van der Waals surface area contributed by atoms with Crippen LogP contribution in [0.25, 0.3) is 0 Å². The number of anilines is 1. The summed E-state index contributed by atoms with van der Waals surface area (Å²) in [6.45, 7) is 8.88. The molecule has 4 heteroatoms. The third-order valence-electron chi connectivity index (χ3n) is 3.21. The van der Waals surface area contributed by atoms with Gasteiger partial charge in [0.1, 0.15) is 0 Å². The highest BCUT2D eigenvalue weighted by Gasteiger charge is 1.98. The predicted octanol–water partition coefficient (Wildman–Crippen LogP) is 2.99. The average molecular weight is 284 g/mol. The van der Waals surface area contributed by atoms with Crippen LogP contribution in [-0.4, -0.2) is 23.1 Å². The van der Waals surface area contributed by atoms with Crippen molar-refractivity contribution in [2.24, 2.45) is 0 Å². The molecule has 2 N–H and O–H groups in total. The van der Waals surface area contributed by atoms with Crippen LogP contribution in [0.3, 0.4) is 0 Å². The summed E-state index contributed by atoms with van der Waals surface area (Å²) in [5.74, 6) is 0.728. The van der Waals surface area contributed by atoms with Gasteiger partial charge in [-0.3, -0.25) is 0 Å². The molecule has 1 aromatic carbocycles. The molecule has 0 bridgehead atoms. The molecule has 2 aromatic rings. The maximum Gasteiger partial charge on any atom is 0.223 e. The molecule has 0 aliphatic heterocycles. The van der Waals surface area contributed by atoms with Gasteiger partial charge in [0.25, 0.3) is 0 Å². The van der Waals surface area contributed by atoms with E-state index in [-0.39, 0.29) is 0 Å². The lowest BCUT2D eigenvalue weighted by molar-refractivity contribution is 0.661. The number of aromatic nitrogens is 2. The highest BCUT2D eigenvalue weighted by molar-refractivity contribution is 5.27. The topological polar surface area (TPSA) is 49.8 Å². The zero-order valence-electron chi connectivity index (χ0n) is 13.1. The molecule has 112 valence electrons. The van der Waals surface area contributed by atoms with Crippen LogP contribution >= 0.6 is 0 Å². The lowest BCUT2D eigenvalue weighted by atomic mass is 10.1. The molecule has 0 aliphatic rings. The number of nitrogens with one attached hydrogen (secondary N) is 2. The fourth-order valence-corrected chi connectivity index (χ4v) is 2.27. The minimum atomic E-state index is 0.728. The number of rotatable bonds is 7. The van der Waals surface area contributed by atoms with Crippen LogP contribution in [0.1, 0.15) is 28.9 Å². The molecule has 0 saturated heterocycles. The smallest absolute Gasteiger partial charge is 0.223 e. The SMILES string of the molecule is Cc1cccc(CNCCCNc2nc(C)cc(C)n2)c1. The Balaban J connectivity index is 1.64. The van der Waals surface area contributed by atoms with Gasteiger partial charge >= 0.3 is 0 Å². The van der Waals surface area contributed by atoms with E-state index in [9.17, 15) is 0 Å². The summed E-state index contributed by atoms with van der Waals surface area (Å²) in [6.07, 6.45) is 1.04. The monoisotopic (exact) mass is 284 g/mol. The Hall–Kier alpha value is -1.94. The first-order chi connectivity index (χ1) is 10.1. The van der Waals surface area contributed by atoms with Crippen molar-refractivity contribution in [3.8, 4) is 0 Å². The quantitative estimate of drug-likeness (QED) is 0.767. The van der Waals surface area contributed by atoms with E-state index < -0.39 is 0 Å². The highest BCUT2D eigenvalue weighted by atomic mass is 15.1. The summed E-state index contributed by atoms with van der Waals surface area (Å²) >= 11 is 0. The minimum Gasteiger partial charge on any atom is -0.354 e. The van der Waals surface area contributed by atoms with Crippen molar-refractivity contribution < 1.29 is 0 Å². The maximum absolute atomic E-state index is 4.37. The van der Waals surface area contributed by atoms with Gasteiger partial charge in [0, 0.05) is 24.5 Å². The number of aryl methyl sites for hydroxylation is 3. The van der Waals surface area contributed by atoms with Crippen molar-refractivity contribution in [3.05, 3.63) is 52.8 Å². The first-order valence-electron chi connectivity index (χ1n) is 7.46. The molecule has 1 aromatic heterocycles. The Kier molecular flexibility index (Phi) is 5.69.